The Morgan fingerprint density at radius 3 is 2.11 bits per heavy atom. The van der Waals surface area contributed by atoms with Crippen LogP contribution < -0.4 is 31.7 Å². The van der Waals surface area contributed by atoms with Gasteiger partial charge in [0.2, 0.25) is 29.5 Å². The highest BCUT2D eigenvalue weighted by Gasteiger charge is 2.68. The highest BCUT2D eigenvalue weighted by Crippen LogP contribution is 2.65. The number of amides is 5. The van der Waals surface area contributed by atoms with Crippen LogP contribution in [0.25, 0.3) is 0 Å². The number of carboxylic acid groups (broad SMARTS) is 2. The summed E-state index contributed by atoms with van der Waals surface area (Å²) >= 11 is 0. The molecular weight excluding hydrogens is 815 g/mol. The molecule has 19 heteroatoms. The zero-order valence-electron chi connectivity index (χ0n) is 37.8. The molecule has 1 aromatic carbocycles. The van der Waals surface area contributed by atoms with Gasteiger partial charge in [-0.3, -0.25) is 33.6 Å². The molecule has 0 spiro atoms. The Kier molecular flexibility index (Phi) is 16.0. The Labute approximate surface area is 370 Å². The molecule has 8 N–H and O–H groups in total. The molecule has 18 nitrogen and oxygen atoms in total. The fraction of sp³-hybridized carbons (Fsp3) is 0.705. The highest BCUT2D eigenvalue weighted by molar-refractivity contribution is 6.48. The SMILES string of the molecule is COc1ccc(CC[C@H](NC(=O)[C@@H]2CCCN2C(=O)[C@@H](NC(=O)[C@@H](NC(=O)[C@H](CCC(=O)O)NC(=O)[C@@H](N)CC(=O)O)C(C)C)C(C)C)B2O[C@H]3C[C@@H]4C[C@@H](C4(C)C)[C@@]3(C)O2)cc1. The fourth-order valence-electron chi connectivity index (χ4n) is 9.86. The van der Waals surface area contributed by atoms with Gasteiger partial charge in [-0.1, -0.05) is 53.7 Å². The number of nitrogens with zero attached hydrogens (tertiary/aromatic N) is 1. The van der Waals surface area contributed by atoms with Crippen LogP contribution in [-0.2, 0) is 49.3 Å². The van der Waals surface area contributed by atoms with E-state index in [1.165, 1.54) is 4.90 Å². The number of methoxy groups -OCH3 is 1. The molecule has 0 aromatic heterocycles. The summed E-state index contributed by atoms with van der Waals surface area (Å²) in [6, 6.07) is 1.61. The van der Waals surface area contributed by atoms with Gasteiger partial charge in [0.25, 0.3) is 0 Å². The Bertz CT molecular complexity index is 1860. The second kappa shape index (κ2) is 20.4. The summed E-state index contributed by atoms with van der Waals surface area (Å²) in [7, 11) is 0.908. The quantitative estimate of drug-likeness (QED) is 0.0870. The number of ether oxygens (including phenoxy) is 1. The first-order valence-electron chi connectivity index (χ1n) is 22.2. The van der Waals surface area contributed by atoms with Crippen LogP contribution in [0.1, 0.15) is 105 Å². The maximum Gasteiger partial charge on any atom is 0.481 e. The van der Waals surface area contributed by atoms with Crippen molar-refractivity contribution in [2.24, 2.45) is 34.8 Å². The molecule has 348 valence electrons. The van der Waals surface area contributed by atoms with E-state index in [-0.39, 0.29) is 30.4 Å². The molecule has 2 saturated heterocycles. The fourth-order valence-corrected chi connectivity index (χ4v) is 9.86. The van der Waals surface area contributed by atoms with Gasteiger partial charge in [0.05, 0.1) is 37.2 Å². The molecule has 0 unspecified atom stereocenters. The van der Waals surface area contributed by atoms with Crippen LogP contribution in [-0.4, -0.2) is 125 Å². The predicted octanol–water partition coefficient (Wildman–Crippen LogP) is 1.80. The van der Waals surface area contributed by atoms with Gasteiger partial charge in [-0.25, -0.2) is 0 Å². The molecular formula is C44H67BN6O12. The highest BCUT2D eigenvalue weighted by atomic mass is 16.7. The summed E-state index contributed by atoms with van der Waals surface area (Å²) in [4.78, 5) is 92.9. The third kappa shape index (κ3) is 11.3. The van der Waals surface area contributed by atoms with Crippen LogP contribution in [0.3, 0.4) is 0 Å². The van der Waals surface area contributed by atoms with Crippen molar-refractivity contribution in [3.05, 3.63) is 29.8 Å². The molecule has 3 saturated carbocycles. The first-order valence-corrected chi connectivity index (χ1v) is 22.2. The number of carboxylic acids is 2. The Balaban J connectivity index is 1.29. The Morgan fingerprint density at radius 2 is 1.52 bits per heavy atom. The van der Waals surface area contributed by atoms with E-state index in [4.69, 9.17) is 24.9 Å². The average Bonchev–Trinajstić information content (AvgIpc) is 3.86. The van der Waals surface area contributed by atoms with Gasteiger partial charge in [-0.15, -0.1) is 0 Å². The van der Waals surface area contributed by atoms with Gasteiger partial charge >= 0.3 is 19.1 Å². The van der Waals surface area contributed by atoms with Crippen molar-refractivity contribution in [2.45, 2.75) is 154 Å². The molecule has 3 aliphatic carbocycles. The zero-order chi connectivity index (χ0) is 46.6. The minimum absolute atomic E-state index is 0.101. The first kappa shape index (κ1) is 49.3. The second-order valence-corrected chi connectivity index (χ2v) is 19.2. The van der Waals surface area contributed by atoms with E-state index in [1.54, 1.807) is 34.8 Å². The van der Waals surface area contributed by atoms with Gasteiger partial charge < -0.3 is 56.2 Å². The maximum atomic E-state index is 14.4. The van der Waals surface area contributed by atoms with Crippen LogP contribution in [0.2, 0.25) is 0 Å². The number of likely N-dealkylation sites (tertiary alicyclic amines) is 1. The number of aliphatic carboxylic acids is 2. The molecule has 5 amide bonds. The predicted molar refractivity (Wildman–Crippen MR) is 231 cm³/mol. The molecule has 6 rings (SSSR count). The summed E-state index contributed by atoms with van der Waals surface area (Å²) in [5.41, 5.74) is 6.34. The van der Waals surface area contributed by atoms with Gasteiger partial charge in [0.15, 0.2) is 0 Å². The number of hydrogen-bond donors (Lipinski definition) is 7. The molecule has 2 aliphatic heterocycles. The lowest BCUT2D eigenvalue weighted by Gasteiger charge is -2.64. The van der Waals surface area contributed by atoms with E-state index < -0.39 is 109 Å². The number of rotatable bonds is 21. The topological polar surface area (TPSA) is 265 Å². The minimum Gasteiger partial charge on any atom is -0.497 e. The van der Waals surface area contributed by atoms with E-state index in [0.717, 1.165) is 24.2 Å². The number of hydrogen-bond acceptors (Lipinski definition) is 11. The van der Waals surface area contributed by atoms with Crippen LogP contribution in [0.5, 0.6) is 5.75 Å². The third-order valence-electron chi connectivity index (χ3n) is 13.9. The van der Waals surface area contributed by atoms with E-state index >= 15 is 0 Å². The van der Waals surface area contributed by atoms with E-state index in [1.807, 2.05) is 24.3 Å². The number of benzene rings is 1. The van der Waals surface area contributed by atoms with Crippen molar-refractivity contribution in [1.82, 2.24) is 26.2 Å². The molecule has 0 radical (unpaired) electrons. The zero-order valence-corrected chi connectivity index (χ0v) is 37.8. The lowest BCUT2D eigenvalue weighted by atomic mass is 9.43. The monoisotopic (exact) mass is 882 g/mol. The number of aryl methyl sites for hydroxylation is 1. The molecule has 5 aliphatic rings. The number of carbonyl (C=O) groups excluding carboxylic acids is 5. The molecule has 2 heterocycles. The maximum absolute atomic E-state index is 14.4. The molecule has 2 bridgehead atoms. The van der Waals surface area contributed by atoms with Crippen molar-refractivity contribution in [3.63, 3.8) is 0 Å². The van der Waals surface area contributed by atoms with Crippen LogP contribution in [0.15, 0.2) is 24.3 Å². The van der Waals surface area contributed by atoms with Crippen molar-refractivity contribution in [3.8, 4) is 5.75 Å². The molecule has 10 atom stereocenters. The first-order chi connectivity index (χ1) is 29.6. The lowest BCUT2D eigenvalue weighted by Crippen LogP contribution is -2.65. The average molecular weight is 883 g/mol. The Hall–Kier alpha value is -4.75. The number of nitrogens with one attached hydrogen (secondary N) is 4. The smallest absolute Gasteiger partial charge is 0.481 e. The van der Waals surface area contributed by atoms with Gasteiger partial charge in [0.1, 0.15) is 29.9 Å². The van der Waals surface area contributed by atoms with Crippen LogP contribution >= 0.6 is 0 Å². The summed E-state index contributed by atoms with van der Waals surface area (Å²) in [6.45, 7) is 13.8. The van der Waals surface area contributed by atoms with Gasteiger partial charge in [-0.2, -0.15) is 0 Å². The molecule has 5 fully saturated rings. The molecule has 1 aromatic rings. The Morgan fingerprint density at radius 1 is 0.873 bits per heavy atom. The summed E-state index contributed by atoms with van der Waals surface area (Å²) in [6.07, 6.45) is 2.31. The standard InChI is InChI=1S/C44H67BN6O12/c1-23(2)36(49-39(57)29(16-18-34(52)53)47-38(56)28(46)22-35(54)55)41(59)50-37(24(3)4)42(60)51-19-9-10-30(51)40(58)48-33(17-13-25-11-14-27(61-8)15-12-25)45-62-32-21-26-20-31(43(26,5)6)44(32,7)63-45/h11-12,14-15,23-24,26,28-33,36-37H,9-10,13,16-22,46H2,1-8H3,(H,47,56)(H,48,58)(H,49,57)(H,50,59)(H,52,53)(H,54,55)/t26-,28-,29-,30-,31-,32-,33-,36-,37-,44+/m0/s1. The summed E-state index contributed by atoms with van der Waals surface area (Å²) < 4.78 is 18.8. The van der Waals surface area contributed by atoms with E-state index in [9.17, 15) is 38.7 Å². The van der Waals surface area contributed by atoms with Gasteiger partial charge in [0, 0.05) is 13.0 Å². The summed E-state index contributed by atoms with van der Waals surface area (Å²) in [5.74, 6) is -5.91. The summed E-state index contributed by atoms with van der Waals surface area (Å²) in [5, 5.41) is 29.2. The van der Waals surface area contributed by atoms with Crippen LogP contribution in [0.4, 0.5) is 0 Å². The number of nitrogens with two attached hydrogens (primary N) is 1. The molecule has 63 heavy (non-hydrogen) atoms. The van der Waals surface area contributed by atoms with Gasteiger partial charge in [-0.05, 0) is 98.7 Å². The normalized spacial score (nSPS) is 25.8. The van der Waals surface area contributed by atoms with E-state index in [0.29, 0.717) is 37.5 Å². The number of carbonyl (C=O) groups is 7. The van der Waals surface area contributed by atoms with Crippen LogP contribution in [0, 0.1) is 29.1 Å². The van der Waals surface area contributed by atoms with E-state index in [2.05, 4.69) is 42.0 Å². The second-order valence-electron chi connectivity index (χ2n) is 19.2. The minimum atomic E-state index is -1.51. The lowest BCUT2D eigenvalue weighted by molar-refractivity contribution is -0.199. The third-order valence-corrected chi connectivity index (χ3v) is 13.9. The van der Waals surface area contributed by atoms with Crippen molar-refractivity contribution >= 4 is 48.6 Å². The largest absolute Gasteiger partial charge is 0.497 e. The van der Waals surface area contributed by atoms with Crippen molar-refractivity contribution in [2.75, 3.05) is 13.7 Å². The van der Waals surface area contributed by atoms with Crippen molar-refractivity contribution < 1.29 is 57.8 Å². The van der Waals surface area contributed by atoms with Crippen molar-refractivity contribution in [1.29, 1.82) is 0 Å².